The van der Waals surface area contributed by atoms with Crippen LogP contribution < -0.4 is 10.6 Å². The zero-order chi connectivity index (χ0) is 20.6. The van der Waals surface area contributed by atoms with Crippen molar-refractivity contribution < 1.29 is 9.59 Å². The Hall–Kier alpha value is -1.88. The fourth-order valence-electron chi connectivity index (χ4n) is 4.36. The summed E-state index contributed by atoms with van der Waals surface area (Å²) in [5.74, 6) is 1.08. The smallest absolute Gasteiger partial charge is 0.221 e. The summed E-state index contributed by atoms with van der Waals surface area (Å²) in [6.45, 7) is 5.79. The average Bonchev–Trinajstić information content (AvgIpc) is 3.43. The topological polar surface area (TPSA) is 61.4 Å². The van der Waals surface area contributed by atoms with E-state index in [1.807, 2.05) is 32.0 Å². The molecule has 29 heavy (non-hydrogen) atoms. The summed E-state index contributed by atoms with van der Waals surface area (Å²) in [4.78, 5) is 27.1. The number of aryl methyl sites for hydroxylation is 1. The highest BCUT2D eigenvalue weighted by Gasteiger charge is 2.37. The van der Waals surface area contributed by atoms with Crippen LogP contribution in [0.4, 0.5) is 0 Å². The van der Waals surface area contributed by atoms with Crippen LogP contribution >= 0.6 is 0 Å². The number of amides is 2. The van der Waals surface area contributed by atoms with Crippen LogP contribution in [0.1, 0.15) is 64.4 Å². The molecule has 160 valence electrons. The lowest BCUT2D eigenvalue weighted by Gasteiger charge is -2.30. The molecule has 0 spiro atoms. The van der Waals surface area contributed by atoms with E-state index in [1.165, 1.54) is 18.4 Å². The maximum Gasteiger partial charge on any atom is 0.221 e. The molecule has 1 aliphatic heterocycles. The van der Waals surface area contributed by atoms with Crippen LogP contribution in [0.2, 0.25) is 0 Å². The Bertz CT molecular complexity index is 657. The summed E-state index contributed by atoms with van der Waals surface area (Å²) in [6.07, 6.45) is 7.70. The van der Waals surface area contributed by atoms with E-state index >= 15 is 0 Å². The van der Waals surface area contributed by atoms with Crippen molar-refractivity contribution in [2.45, 2.75) is 83.3 Å². The minimum absolute atomic E-state index is 0.147. The van der Waals surface area contributed by atoms with Gasteiger partial charge in [0.1, 0.15) is 0 Å². The van der Waals surface area contributed by atoms with Crippen molar-refractivity contribution in [3.63, 3.8) is 0 Å². The van der Waals surface area contributed by atoms with Gasteiger partial charge in [-0.25, -0.2) is 0 Å². The molecule has 3 rings (SSSR count). The third-order valence-corrected chi connectivity index (χ3v) is 6.05. The predicted molar refractivity (Wildman–Crippen MR) is 117 cm³/mol. The van der Waals surface area contributed by atoms with Crippen molar-refractivity contribution >= 4 is 11.8 Å². The number of hydrogen-bond donors (Lipinski definition) is 2. The Morgan fingerprint density at radius 2 is 1.76 bits per heavy atom. The standard InChI is InChI=1S/C24H37N3O2/c1-18(2)26-24(29)15-21-13-14-22(27(21)17-20-11-12-20)16-25-23(28)10-6-9-19-7-4-3-5-8-19/h3-5,7-8,18,20-22H,6,9-17H2,1-2H3,(H,25,28)(H,26,29)/t21-,22+/m1/s1. The molecular weight excluding hydrogens is 362 g/mol. The van der Waals surface area contributed by atoms with E-state index in [1.54, 1.807) is 0 Å². The quantitative estimate of drug-likeness (QED) is 0.600. The van der Waals surface area contributed by atoms with E-state index in [0.717, 1.165) is 38.1 Å². The second-order valence-corrected chi connectivity index (χ2v) is 9.09. The van der Waals surface area contributed by atoms with Crippen molar-refractivity contribution in [1.82, 2.24) is 15.5 Å². The summed E-state index contributed by atoms with van der Waals surface area (Å²) in [6, 6.07) is 11.2. The number of nitrogens with one attached hydrogen (secondary N) is 2. The average molecular weight is 400 g/mol. The molecule has 1 saturated heterocycles. The minimum atomic E-state index is 0.147. The molecule has 2 aliphatic rings. The first-order chi connectivity index (χ1) is 14.0. The van der Waals surface area contributed by atoms with Gasteiger partial charge >= 0.3 is 0 Å². The third-order valence-electron chi connectivity index (χ3n) is 6.05. The van der Waals surface area contributed by atoms with E-state index in [-0.39, 0.29) is 17.9 Å². The third kappa shape index (κ3) is 7.46. The summed E-state index contributed by atoms with van der Waals surface area (Å²) in [7, 11) is 0. The number of rotatable bonds is 11. The van der Waals surface area contributed by atoms with E-state index < -0.39 is 0 Å². The van der Waals surface area contributed by atoms with Gasteiger partial charge in [0.2, 0.25) is 11.8 Å². The Labute approximate surface area is 175 Å². The maximum absolute atomic E-state index is 12.3. The number of benzene rings is 1. The fraction of sp³-hybridized carbons (Fsp3) is 0.667. The molecule has 1 aromatic rings. The lowest BCUT2D eigenvalue weighted by Crippen LogP contribution is -2.46. The first-order valence-corrected chi connectivity index (χ1v) is 11.4. The zero-order valence-corrected chi connectivity index (χ0v) is 18.0. The van der Waals surface area contributed by atoms with Gasteiger partial charge in [0.25, 0.3) is 0 Å². The van der Waals surface area contributed by atoms with Crippen LogP contribution in [-0.2, 0) is 16.0 Å². The van der Waals surface area contributed by atoms with Crippen molar-refractivity contribution in [3.05, 3.63) is 35.9 Å². The van der Waals surface area contributed by atoms with Crippen molar-refractivity contribution in [1.29, 1.82) is 0 Å². The molecule has 2 atom stereocenters. The maximum atomic E-state index is 12.3. The van der Waals surface area contributed by atoms with Gasteiger partial charge in [-0.1, -0.05) is 30.3 Å². The lowest BCUT2D eigenvalue weighted by molar-refractivity contribution is -0.123. The molecule has 5 heteroatoms. The number of hydrogen-bond acceptors (Lipinski definition) is 3. The second-order valence-electron chi connectivity index (χ2n) is 9.09. The van der Waals surface area contributed by atoms with Crippen LogP contribution in [-0.4, -0.2) is 47.9 Å². The molecule has 5 nitrogen and oxygen atoms in total. The molecule has 1 heterocycles. The van der Waals surface area contributed by atoms with Gasteiger partial charge in [-0.2, -0.15) is 0 Å². The molecule has 1 aliphatic carbocycles. The van der Waals surface area contributed by atoms with Crippen molar-refractivity contribution in [2.24, 2.45) is 5.92 Å². The van der Waals surface area contributed by atoms with Crippen LogP contribution in [0.15, 0.2) is 30.3 Å². The Morgan fingerprint density at radius 3 is 2.45 bits per heavy atom. The summed E-state index contributed by atoms with van der Waals surface area (Å²) < 4.78 is 0. The number of likely N-dealkylation sites (tertiary alicyclic amines) is 1. The first kappa shape index (κ1) is 21.8. The van der Waals surface area contributed by atoms with Crippen LogP contribution in [0.3, 0.4) is 0 Å². The molecular formula is C24H37N3O2. The number of nitrogens with zero attached hydrogens (tertiary/aromatic N) is 1. The van der Waals surface area contributed by atoms with E-state index in [2.05, 4.69) is 27.7 Å². The number of carbonyl (C=O) groups is 2. The molecule has 2 N–H and O–H groups in total. The summed E-state index contributed by atoms with van der Waals surface area (Å²) >= 11 is 0. The first-order valence-electron chi connectivity index (χ1n) is 11.4. The Morgan fingerprint density at radius 1 is 1.03 bits per heavy atom. The second kappa shape index (κ2) is 10.8. The van der Waals surface area contributed by atoms with Gasteiger partial charge in [-0.05, 0) is 63.9 Å². The lowest BCUT2D eigenvalue weighted by atomic mass is 10.1. The molecule has 1 saturated carbocycles. The van der Waals surface area contributed by atoms with Crippen LogP contribution in [0, 0.1) is 5.92 Å². The number of carbonyl (C=O) groups excluding carboxylic acids is 2. The molecule has 0 radical (unpaired) electrons. The van der Waals surface area contributed by atoms with Crippen molar-refractivity contribution in [3.8, 4) is 0 Å². The fourth-order valence-corrected chi connectivity index (χ4v) is 4.36. The minimum Gasteiger partial charge on any atom is -0.355 e. The monoisotopic (exact) mass is 399 g/mol. The molecule has 2 amide bonds. The predicted octanol–water partition coefficient (Wildman–Crippen LogP) is 3.28. The summed E-state index contributed by atoms with van der Waals surface area (Å²) in [5.41, 5.74) is 1.29. The van der Waals surface area contributed by atoms with E-state index in [4.69, 9.17) is 0 Å². The highest BCUT2D eigenvalue weighted by atomic mass is 16.2. The largest absolute Gasteiger partial charge is 0.355 e. The van der Waals surface area contributed by atoms with Gasteiger partial charge in [-0.3, -0.25) is 14.5 Å². The van der Waals surface area contributed by atoms with Crippen LogP contribution in [0.25, 0.3) is 0 Å². The van der Waals surface area contributed by atoms with Gasteiger partial charge in [0.05, 0.1) is 0 Å². The molecule has 0 bridgehead atoms. The van der Waals surface area contributed by atoms with Gasteiger partial charge in [0, 0.05) is 44.1 Å². The molecule has 0 unspecified atom stereocenters. The summed E-state index contributed by atoms with van der Waals surface area (Å²) in [5, 5.41) is 6.18. The van der Waals surface area contributed by atoms with E-state index in [0.29, 0.717) is 31.5 Å². The zero-order valence-electron chi connectivity index (χ0n) is 18.0. The Kier molecular flexibility index (Phi) is 8.10. The van der Waals surface area contributed by atoms with Gasteiger partial charge in [0.15, 0.2) is 0 Å². The van der Waals surface area contributed by atoms with Crippen LogP contribution in [0.5, 0.6) is 0 Å². The molecule has 2 fully saturated rings. The molecule has 1 aromatic carbocycles. The normalized spacial score (nSPS) is 22.0. The van der Waals surface area contributed by atoms with E-state index in [9.17, 15) is 9.59 Å². The SMILES string of the molecule is CC(C)NC(=O)C[C@H]1CC[C@@H](CNC(=O)CCCc2ccccc2)N1CC1CC1. The van der Waals surface area contributed by atoms with Gasteiger partial charge in [-0.15, -0.1) is 0 Å². The highest BCUT2D eigenvalue weighted by Crippen LogP contribution is 2.35. The molecule has 0 aromatic heterocycles. The van der Waals surface area contributed by atoms with Crippen molar-refractivity contribution in [2.75, 3.05) is 13.1 Å². The van der Waals surface area contributed by atoms with Gasteiger partial charge < -0.3 is 10.6 Å². The Balaban J connectivity index is 1.42. The highest BCUT2D eigenvalue weighted by molar-refractivity contribution is 5.77.